The van der Waals surface area contributed by atoms with Crippen LogP contribution in [0, 0.1) is 111 Å². The van der Waals surface area contributed by atoms with Gasteiger partial charge in [-0.15, -0.1) is 0 Å². The van der Waals surface area contributed by atoms with Gasteiger partial charge < -0.3 is 5.32 Å². The molecule has 8 rings (SSSR count). The summed E-state index contributed by atoms with van der Waals surface area (Å²) in [5.41, 5.74) is -4.47. The van der Waals surface area contributed by atoms with Gasteiger partial charge in [0, 0.05) is 16.7 Å². The lowest BCUT2D eigenvalue weighted by atomic mass is 9.94. The molecule has 0 saturated carbocycles. The molecule has 6 nitrogen and oxygen atoms in total. The summed E-state index contributed by atoms with van der Waals surface area (Å²) in [6, 6.07) is 6.18. The van der Waals surface area contributed by atoms with Crippen molar-refractivity contribution in [2.24, 2.45) is 4.99 Å². The van der Waals surface area contributed by atoms with Crippen molar-refractivity contribution in [3.05, 3.63) is 140 Å². The summed E-state index contributed by atoms with van der Waals surface area (Å²) >= 11 is 0. The molecule has 0 unspecified atom stereocenters. The van der Waals surface area contributed by atoms with Gasteiger partial charge in [-0.2, -0.15) is 15.5 Å². The predicted octanol–water partition coefficient (Wildman–Crippen LogP) is 10.9. The van der Waals surface area contributed by atoms with Crippen molar-refractivity contribution in [1.82, 2.24) is 15.3 Å². The van der Waals surface area contributed by atoms with E-state index in [1.807, 2.05) is 0 Å². The van der Waals surface area contributed by atoms with Gasteiger partial charge in [-0.1, -0.05) is 30.3 Å². The molecule has 1 aromatic heterocycles. The maximum Gasteiger partial charge on any atom is 0.206 e. The zero-order chi connectivity index (χ0) is 44.1. The van der Waals surface area contributed by atoms with Crippen LogP contribution < -0.4 is 5.32 Å². The van der Waals surface area contributed by atoms with Crippen LogP contribution in [-0.4, -0.2) is 15.7 Å². The minimum absolute atomic E-state index is 0.0333. The Hall–Kier alpha value is -7.61. The highest BCUT2D eigenvalue weighted by molar-refractivity contribution is 6.23. The van der Waals surface area contributed by atoms with Gasteiger partial charge in [0.15, 0.2) is 76.0 Å². The highest BCUT2D eigenvalue weighted by atomic mass is 19.2. The quantitative estimate of drug-likeness (QED) is 0.0611. The van der Waals surface area contributed by atoms with Crippen LogP contribution in [0.5, 0.6) is 0 Å². The van der Waals surface area contributed by atoms with Crippen molar-refractivity contribution in [3.63, 3.8) is 0 Å². The fraction of sp³-hybridized carbons (Fsp3) is 0.0488. The van der Waals surface area contributed by atoms with Crippen LogP contribution in [-0.2, 0) is 6.54 Å². The fourth-order valence-electron chi connectivity index (χ4n) is 7.24. The summed E-state index contributed by atoms with van der Waals surface area (Å²) in [6.07, 6.45) is 3.18. The van der Waals surface area contributed by atoms with E-state index in [1.165, 1.54) is 13.1 Å². The smallest absolute Gasteiger partial charge is 0.206 e. The monoisotopic (exact) mass is 854 g/mol. The number of hydrogen-bond donors (Lipinski definition) is 1. The van der Waals surface area contributed by atoms with Crippen molar-refractivity contribution in [2.45, 2.75) is 13.5 Å². The first kappa shape index (κ1) is 40.2. The second kappa shape index (κ2) is 14.3. The molecule has 1 aliphatic rings. The standard InChI is InChI=1S/C41H12F14N6/c1-11-6-12(18-24(42)20-22(28(46)26(18)44)32(50)36(54)34(52)30(20)48)2-4-14(11)38-17(8-58-9-56)60-40-15-5-3-13(7-16(15)39(59-10-57)41(40)61-38)19-25(43)21-23(29(47)27(19)45)33(51)37(55)35(53)31(21)49/h2-7,58H,8H2,1H3. The van der Waals surface area contributed by atoms with Gasteiger partial charge >= 0.3 is 0 Å². The number of fused-ring (bicyclic) bond motifs is 5. The van der Waals surface area contributed by atoms with Crippen LogP contribution in [0.2, 0.25) is 0 Å². The lowest BCUT2D eigenvalue weighted by Gasteiger charge is -2.16. The molecular formula is C41H12F14N6. The summed E-state index contributed by atoms with van der Waals surface area (Å²) < 4.78 is 207. The Morgan fingerprint density at radius 2 is 0.934 bits per heavy atom. The Kier molecular flexibility index (Phi) is 9.41. The Labute approximate surface area is 330 Å². The average Bonchev–Trinajstić information content (AvgIpc) is 3.53. The van der Waals surface area contributed by atoms with E-state index < -0.39 is 125 Å². The highest BCUT2D eigenvalue weighted by Crippen LogP contribution is 2.44. The Balaban J connectivity index is 1.29. The van der Waals surface area contributed by atoms with E-state index >= 15 is 26.3 Å². The van der Waals surface area contributed by atoms with Gasteiger partial charge in [0.1, 0.15) is 23.0 Å². The van der Waals surface area contributed by atoms with Gasteiger partial charge in [0.2, 0.25) is 6.19 Å². The number of rotatable bonds is 5. The van der Waals surface area contributed by atoms with Crippen molar-refractivity contribution >= 4 is 27.3 Å². The van der Waals surface area contributed by atoms with E-state index in [4.69, 9.17) is 0 Å². The molecule has 0 atom stereocenters. The molecule has 0 spiro atoms. The van der Waals surface area contributed by atoms with Gasteiger partial charge in [0.25, 0.3) is 0 Å². The Morgan fingerprint density at radius 1 is 0.492 bits per heavy atom. The summed E-state index contributed by atoms with van der Waals surface area (Å²) in [4.78, 5) is 12.9. The number of nitriles is 2. The van der Waals surface area contributed by atoms with Crippen LogP contribution in [0.3, 0.4) is 0 Å². The molecule has 0 fully saturated rings. The molecule has 1 heterocycles. The predicted molar refractivity (Wildman–Crippen MR) is 187 cm³/mol. The molecule has 304 valence electrons. The maximum atomic E-state index is 15.8. The molecule has 7 aromatic rings. The van der Waals surface area contributed by atoms with Crippen LogP contribution in [0.25, 0.3) is 66.3 Å². The first-order chi connectivity index (χ1) is 29.0. The number of nitrogens with one attached hydrogen (secondary N) is 1. The number of aromatic nitrogens is 2. The lowest BCUT2D eigenvalue weighted by molar-refractivity contribution is 0.412. The van der Waals surface area contributed by atoms with E-state index in [0.717, 1.165) is 36.4 Å². The van der Waals surface area contributed by atoms with Gasteiger partial charge in [-0.25, -0.2) is 71.4 Å². The number of nitrogens with zero attached hydrogens (tertiary/aromatic N) is 5. The first-order valence-corrected chi connectivity index (χ1v) is 16.9. The van der Waals surface area contributed by atoms with E-state index in [9.17, 15) is 45.6 Å². The van der Waals surface area contributed by atoms with Crippen molar-refractivity contribution in [2.75, 3.05) is 0 Å². The summed E-state index contributed by atoms with van der Waals surface area (Å²) in [5.74, 6) is -32.2. The van der Waals surface area contributed by atoms with E-state index in [0.29, 0.717) is 0 Å². The third-order valence-corrected chi connectivity index (χ3v) is 9.95. The molecule has 61 heavy (non-hydrogen) atoms. The third kappa shape index (κ3) is 5.65. The normalized spacial score (nSPS) is 12.6. The molecule has 1 aliphatic carbocycles. The number of aryl methyl sites for hydroxylation is 1. The topological polar surface area (TPSA) is 97.8 Å². The molecule has 0 aliphatic heterocycles. The van der Waals surface area contributed by atoms with Gasteiger partial charge in [0.05, 0.1) is 56.3 Å². The Morgan fingerprint density at radius 3 is 1.39 bits per heavy atom. The van der Waals surface area contributed by atoms with Gasteiger partial charge in [-0.05, 0) is 29.7 Å². The molecule has 0 bridgehead atoms. The fourth-order valence-corrected chi connectivity index (χ4v) is 7.24. The summed E-state index contributed by atoms with van der Waals surface area (Å²) in [6.45, 7) is 0.966. The second-order valence-corrected chi connectivity index (χ2v) is 13.2. The zero-order valence-electron chi connectivity index (χ0n) is 29.7. The maximum absolute atomic E-state index is 15.8. The summed E-state index contributed by atoms with van der Waals surface area (Å²) in [5, 5.41) is 14.2. The van der Waals surface area contributed by atoms with E-state index in [2.05, 4.69) is 20.3 Å². The third-order valence-electron chi connectivity index (χ3n) is 9.95. The first-order valence-electron chi connectivity index (χ1n) is 16.9. The molecule has 0 saturated heterocycles. The Bertz CT molecular complexity index is 3300. The second-order valence-electron chi connectivity index (χ2n) is 13.2. The minimum atomic E-state index is -2.52. The highest BCUT2D eigenvalue weighted by Gasteiger charge is 2.35. The van der Waals surface area contributed by atoms with Gasteiger partial charge in [-0.3, -0.25) is 0 Å². The number of halogens is 14. The number of aliphatic imine (C=N–C) groups is 1. The zero-order valence-corrected chi connectivity index (χ0v) is 29.7. The molecular weight excluding hydrogens is 842 g/mol. The van der Waals surface area contributed by atoms with Crippen molar-refractivity contribution in [3.8, 4) is 57.2 Å². The molecule has 0 radical (unpaired) electrons. The molecule has 6 aromatic carbocycles. The van der Waals surface area contributed by atoms with Crippen molar-refractivity contribution < 1.29 is 61.5 Å². The SMILES string of the molecule is Cc1cc(-c2c(F)c(F)c3c(F)c(F)c(F)c(F)c3c2F)ccc1-c1nc2c(nc1CNC#N)-c1ccc(-c3c(F)c(F)c4c(F)c(F)c(F)c(F)c4c3F)cc1C2=NC#N. The molecule has 1 N–H and O–H groups in total. The largest absolute Gasteiger partial charge is 0.318 e. The van der Waals surface area contributed by atoms with E-state index in [-0.39, 0.29) is 57.3 Å². The van der Waals surface area contributed by atoms with Crippen LogP contribution in [0.15, 0.2) is 41.4 Å². The van der Waals surface area contributed by atoms with E-state index in [1.54, 1.807) is 6.19 Å². The number of benzene rings is 6. The van der Waals surface area contributed by atoms with Crippen LogP contribution >= 0.6 is 0 Å². The average molecular weight is 855 g/mol. The molecule has 0 amide bonds. The number of hydrogen-bond acceptors (Lipinski definition) is 6. The molecule has 20 heteroatoms. The van der Waals surface area contributed by atoms with Crippen LogP contribution in [0.4, 0.5) is 61.5 Å². The summed E-state index contributed by atoms with van der Waals surface area (Å²) in [7, 11) is 0. The minimum Gasteiger partial charge on any atom is -0.318 e. The van der Waals surface area contributed by atoms with Crippen LogP contribution in [0.1, 0.15) is 22.5 Å². The lowest BCUT2D eigenvalue weighted by Crippen LogP contribution is -2.12. The van der Waals surface area contributed by atoms with Crippen molar-refractivity contribution in [1.29, 1.82) is 10.5 Å².